The topological polar surface area (TPSA) is 116 Å². The van der Waals surface area contributed by atoms with E-state index < -0.39 is 11.9 Å². The number of carboxylic acid groups (broad SMARTS) is 2. The van der Waals surface area contributed by atoms with E-state index in [1.807, 2.05) is 36.4 Å². The minimum Gasteiger partial charge on any atom is -0.481 e. The number of rotatable bonds is 5. The Labute approximate surface area is 138 Å². The third-order valence-electron chi connectivity index (χ3n) is 3.12. The molecule has 24 heavy (non-hydrogen) atoms. The molecular weight excluding hydrogens is 310 g/mol. The number of aromatic amines is 1. The van der Waals surface area contributed by atoms with E-state index in [1.165, 1.54) is 0 Å². The standard InChI is InChI=1S/C12H9N3.C5H8O4/c1-2-4-11-10(3-1)14-12(15-11)9-5-7-13-8-6-9;6-4(7)2-1-3-5(8)9/h1-8H,(H,14,15);1-3H2,(H,6,7)(H,8,9). The van der Waals surface area contributed by atoms with Gasteiger partial charge in [0.15, 0.2) is 0 Å². The number of benzene rings is 1. The molecule has 0 amide bonds. The van der Waals surface area contributed by atoms with Crippen molar-refractivity contribution < 1.29 is 19.8 Å². The lowest BCUT2D eigenvalue weighted by Gasteiger charge is -1.92. The monoisotopic (exact) mass is 327 g/mol. The van der Waals surface area contributed by atoms with Gasteiger partial charge in [-0.05, 0) is 30.7 Å². The van der Waals surface area contributed by atoms with E-state index in [0.29, 0.717) is 0 Å². The van der Waals surface area contributed by atoms with E-state index in [1.54, 1.807) is 12.4 Å². The molecule has 3 rings (SSSR count). The third kappa shape index (κ3) is 5.20. The molecule has 0 atom stereocenters. The van der Waals surface area contributed by atoms with Crippen molar-refractivity contribution in [2.45, 2.75) is 19.3 Å². The van der Waals surface area contributed by atoms with Crippen molar-refractivity contribution in [1.29, 1.82) is 0 Å². The summed E-state index contributed by atoms with van der Waals surface area (Å²) in [7, 11) is 0. The van der Waals surface area contributed by atoms with E-state index in [9.17, 15) is 9.59 Å². The van der Waals surface area contributed by atoms with Crippen molar-refractivity contribution in [3.63, 3.8) is 0 Å². The van der Waals surface area contributed by atoms with E-state index in [-0.39, 0.29) is 19.3 Å². The largest absolute Gasteiger partial charge is 0.481 e. The summed E-state index contributed by atoms with van der Waals surface area (Å²) in [6.07, 6.45) is 3.62. The van der Waals surface area contributed by atoms with Gasteiger partial charge in [0.25, 0.3) is 0 Å². The Hall–Kier alpha value is -3.22. The van der Waals surface area contributed by atoms with Crippen LogP contribution in [0.15, 0.2) is 48.8 Å². The summed E-state index contributed by atoms with van der Waals surface area (Å²) in [5, 5.41) is 16.1. The first-order valence-corrected chi connectivity index (χ1v) is 7.35. The number of para-hydroxylation sites is 2. The highest BCUT2D eigenvalue weighted by Gasteiger charge is 2.03. The number of pyridine rings is 1. The van der Waals surface area contributed by atoms with E-state index >= 15 is 0 Å². The molecule has 0 aliphatic carbocycles. The maximum Gasteiger partial charge on any atom is 0.303 e. The van der Waals surface area contributed by atoms with Crippen LogP contribution in [0.25, 0.3) is 22.4 Å². The van der Waals surface area contributed by atoms with E-state index in [0.717, 1.165) is 22.4 Å². The molecule has 0 aliphatic rings. The number of H-pyrrole nitrogens is 1. The number of carboxylic acids is 2. The van der Waals surface area contributed by atoms with Crippen LogP contribution in [0.2, 0.25) is 0 Å². The molecule has 0 bridgehead atoms. The van der Waals surface area contributed by atoms with Gasteiger partial charge in [-0.2, -0.15) is 0 Å². The highest BCUT2D eigenvalue weighted by molar-refractivity contribution is 5.79. The molecule has 3 N–H and O–H groups in total. The van der Waals surface area contributed by atoms with Crippen LogP contribution in [-0.4, -0.2) is 37.1 Å². The minimum absolute atomic E-state index is 0.0632. The predicted molar refractivity (Wildman–Crippen MR) is 88.4 cm³/mol. The summed E-state index contributed by atoms with van der Waals surface area (Å²) in [6.45, 7) is 0. The van der Waals surface area contributed by atoms with Crippen LogP contribution in [0, 0.1) is 0 Å². The average Bonchev–Trinajstić information content (AvgIpc) is 3.00. The van der Waals surface area contributed by atoms with Crippen LogP contribution in [0.3, 0.4) is 0 Å². The Morgan fingerprint density at radius 2 is 1.58 bits per heavy atom. The quantitative estimate of drug-likeness (QED) is 0.663. The zero-order chi connectivity index (χ0) is 17.4. The van der Waals surface area contributed by atoms with Gasteiger partial charge in [0.1, 0.15) is 5.82 Å². The predicted octanol–water partition coefficient (Wildman–Crippen LogP) is 2.95. The first-order valence-electron chi connectivity index (χ1n) is 7.35. The van der Waals surface area contributed by atoms with Gasteiger partial charge in [0.2, 0.25) is 0 Å². The molecule has 2 aromatic heterocycles. The van der Waals surface area contributed by atoms with E-state index in [4.69, 9.17) is 10.2 Å². The Kier molecular flexibility index (Phi) is 6.01. The Bertz CT molecular complexity index is 768. The lowest BCUT2D eigenvalue weighted by atomic mass is 10.2. The molecule has 2 heterocycles. The molecule has 7 heteroatoms. The van der Waals surface area contributed by atoms with Crippen LogP contribution in [0.4, 0.5) is 0 Å². The van der Waals surface area contributed by atoms with Crippen LogP contribution in [0.5, 0.6) is 0 Å². The van der Waals surface area contributed by atoms with Crippen molar-refractivity contribution in [3.05, 3.63) is 48.8 Å². The summed E-state index contributed by atoms with van der Waals surface area (Å²) in [5.41, 5.74) is 3.11. The fourth-order valence-electron chi connectivity index (χ4n) is 1.99. The number of carbonyl (C=O) groups is 2. The summed E-state index contributed by atoms with van der Waals surface area (Å²) >= 11 is 0. The summed E-state index contributed by atoms with van der Waals surface area (Å²) < 4.78 is 0. The number of aromatic nitrogens is 3. The summed E-state index contributed by atoms with van der Waals surface area (Å²) in [4.78, 5) is 31.3. The fraction of sp³-hybridized carbons (Fsp3) is 0.176. The molecule has 0 spiro atoms. The van der Waals surface area contributed by atoms with Crippen molar-refractivity contribution in [2.75, 3.05) is 0 Å². The van der Waals surface area contributed by atoms with Crippen LogP contribution in [-0.2, 0) is 9.59 Å². The van der Waals surface area contributed by atoms with Gasteiger partial charge in [0, 0.05) is 30.8 Å². The molecule has 0 saturated heterocycles. The molecule has 0 radical (unpaired) electrons. The minimum atomic E-state index is -0.948. The van der Waals surface area contributed by atoms with E-state index in [2.05, 4.69) is 15.0 Å². The molecule has 124 valence electrons. The first-order chi connectivity index (χ1) is 11.6. The van der Waals surface area contributed by atoms with Gasteiger partial charge in [-0.15, -0.1) is 0 Å². The van der Waals surface area contributed by atoms with Gasteiger partial charge in [-0.25, -0.2) is 4.98 Å². The van der Waals surface area contributed by atoms with Gasteiger partial charge >= 0.3 is 11.9 Å². The summed E-state index contributed by atoms with van der Waals surface area (Å²) in [6, 6.07) is 11.9. The fourth-order valence-corrected chi connectivity index (χ4v) is 1.99. The maximum atomic E-state index is 9.79. The Morgan fingerprint density at radius 1 is 0.958 bits per heavy atom. The average molecular weight is 327 g/mol. The second-order valence-electron chi connectivity index (χ2n) is 4.98. The van der Waals surface area contributed by atoms with Gasteiger partial charge in [-0.3, -0.25) is 14.6 Å². The normalized spacial score (nSPS) is 10.0. The smallest absolute Gasteiger partial charge is 0.303 e. The number of nitrogens with one attached hydrogen (secondary N) is 1. The Morgan fingerprint density at radius 3 is 2.17 bits per heavy atom. The number of nitrogens with zero attached hydrogens (tertiary/aromatic N) is 2. The molecule has 0 aliphatic heterocycles. The highest BCUT2D eigenvalue weighted by atomic mass is 16.4. The number of hydrogen-bond donors (Lipinski definition) is 3. The van der Waals surface area contributed by atoms with Crippen molar-refractivity contribution in [1.82, 2.24) is 15.0 Å². The lowest BCUT2D eigenvalue weighted by molar-refractivity contribution is -0.138. The second-order valence-corrected chi connectivity index (χ2v) is 4.98. The zero-order valence-electron chi connectivity index (χ0n) is 12.8. The number of imidazole rings is 1. The number of hydrogen-bond acceptors (Lipinski definition) is 4. The third-order valence-corrected chi connectivity index (χ3v) is 3.12. The zero-order valence-corrected chi connectivity index (χ0v) is 12.8. The molecule has 7 nitrogen and oxygen atoms in total. The first kappa shape index (κ1) is 17.1. The SMILES string of the molecule is O=C(O)CCCC(=O)O.c1ccc2[nH]c(-c3ccncc3)nc2c1. The maximum absolute atomic E-state index is 9.79. The van der Waals surface area contributed by atoms with Crippen LogP contribution < -0.4 is 0 Å². The van der Waals surface area contributed by atoms with Crippen LogP contribution >= 0.6 is 0 Å². The second kappa shape index (κ2) is 8.42. The lowest BCUT2D eigenvalue weighted by Crippen LogP contribution is -1.98. The molecule has 0 unspecified atom stereocenters. The van der Waals surface area contributed by atoms with Gasteiger partial charge < -0.3 is 15.2 Å². The van der Waals surface area contributed by atoms with Crippen molar-refractivity contribution >= 4 is 23.0 Å². The Balaban J connectivity index is 0.000000202. The van der Waals surface area contributed by atoms with Gasteiger partial charge in [-0.1, -0.05) is 12.1 Å². The molecule has 0 saturated carbocycles. The van der Waals surface area contributed by atoms with Crippen molar-refractivity contribution in [2.24, 2.45) is 0 Å². The number of fused-ring (bicyclic) bond motifs is 1. The molecule has 3 aromatic rings. The summed E-state index contributed by atoms with van der Waals surface area (Å²) in [5.74, 6) is -1.01. The van der Waals surface area contributed by atoms with Crippen LogP contribution in [0.1, 0.15) is 19.3 Å². The van der Waals surface area contributed by atoms with Crippen molar-refractivity contribution in [3.8, 4) is 11.4 Å². The number of aliphatic carboxylic acids is 2. The molecule has 1 aromatic carbocycles. The molecule has 0 fully saturated rings. The molecular formula is C17H17N3O4. The van der Waals surface area contributed by atoms with Gasteiger partial charge in [0.05, 0.1) is 11.0 Å². The highest BCUT2D eigenvalue weighted by Crippen LogP contribution is 2.18.